The summed E-state index contributed by atoms with van der Waals surface area (Å²) in [6.07, 6.45) is 3.46. The maximum atomic E-state index is 12.5. The number of benzene rings is 1. The molecule has 1 fully saturated rings. The topological polar surface area (TPSA) is 46.3 Å². The number of nitrogens with zero attached hydrogens (tertiary/aromatic N) is 1. The summed E-state index contributed by atoms with van der Waals surface area (Å²) in [5.41, 5.74) is 7.92. The number of anilines is 1. The van der Waals surface area contributed by atoms with Gasteiger partial charge in [0, 0.05) is 22.7 Å². The van der Waals surface area contributed by atoms with Gasteiger partial charge in [0.1, 0.15) is 0 Å². The highest BCUT2D eigenvalue weighted by Gasteiger charge is 2.28. The summed E-state index contributed by atoms with van der Waals surface area (Å²) in [7, 11) is 0. The van der Waals surface area contributed by atoms with Crippen LogP contribution in [0.25, 0.3) is 0 Å². The van der Waals surface area contributed by atoms with Gasteiger partial charge in [0.25, 0.3) is 0 Å². The first-order valence-electron chi connectivity index (χ1n) is 7.29. The van der Waals surface area contributed by atoms with Crippen LogP contribution in [0.3, 0.4) is 0 Å². The highest BCUT2D eigenvalue weighted by atomic mass is 32.2. The molecule has 2 rings (SSSR count). The van der Waals surface area contributed by atoms with Crippen molar-refractivity contribution in [2.75, 3.05) is 11.5 Å². The summed E-state index contributed by atoms with van der Waals surface area (Å²) in [4.78, 5) is 15.5. The lowest BCUT2D eigenvalue weighted by Gasteiger charge is -2.39. The second-order valence-corrected chi connectivity index (χ2v) is 6.72. The molecule has 0 aromatic heterocycles. The number of nitrogens with two attached hydrogens (primary N) is 1. The van der Waals surface area contributed by atoms with E-state index in [-0.39, 0.29) is 5.91 Å². The summed E-state index contributed by atoms with van der Waals surface area (Å²) in [5.74, 6) is 0.707. The quantitative estimate of drug-likeness (QED) is 0.685. The molecule has 2 atom stereocenters. The van der Waals surface area contributed by atoms with Gasteiger partial charge in [0.15, 0.2) is 0 Å². The van der Waals surface area contributed by atoms with Crippen LogP contribution < -0.4 is 5.73 Å². The number of piperidine rings is 1. The standard InChI is InChI=1S/C16H24N2OS/c1-11-6-4-9-14(16(11)17)20-10-15(19)18-12(2)7-5-8-13(18)3/h4,6,9,12-13H,5,7-8,10,17H2,1-3H3. The number of likely N-dealkylation sites (tertiary alicyclic amines) is 1. The molecule has 1 aromatic rings. The average Bonchev–Trinajstić information content (AvgIpc) is 2.40. The maximum Gasteiger partial charge on any atom is 0.233 e. The van der Waals surface area contributed by atoms with Crippen LogP contribution in [-0.4, -0.2) is 28.6 Å². The van der Waals surface area contributed by atoms with Crippen molar-refractivity contribution in [3.05, 3.63) is 23.8 Å². The second kappa shape index (κ2) is 6.53. The Bertz CT molecular complexity index is 479. The van der Waals surface area contributed by atoms with Crippen LogP contribution in [0.1, 0.15) is 38.7 Å². The third kappa shape index (κ3) is 3.29. The minimum absolute atomic E-state index is 0.232. The van der Waals surface area contributed by atoms with Gasteiger partial charge in [-0.3, -0.25) is 4.79 Å². The SMILES string of the molecule is Cc1cccc(SCC(=O)N2C(C)CCCC2C)c1N. The molecule has 1 aliphatic rings. The first kappa shape index (κ1) is 15.2. The largest absolute Gasteiger partial charge is 0.398 e. The molecule has 0 saturated carbocycles. The Labute approximate surface area is 125 Å². The first-order chi connectivity index (χ1) is 9.50. The predicted molar refractivity (Wildman–Crippen MR) is 85.9 cm³/mol. The predicted octanol–water partition coefficient (Wildman–Crippen LogP) is 3.46. The average molecular weight is 292 g/mol. The molecule has 1 aromatic carbocycles. The molecule has 0 aliphatic carbocycles. The van der Waals surface area contributed by atoms with Crippen molar-refractivity contribution >= 4 is 23.4 Å². The van der Waals surface area contributed by atoms with E-state index in [1.807, 2.05) is 25.1 Å². The van der Waals surface area contributed by atoms with Crippen molar-refractivity contribution in [1.82, 2.24) is 4.90 Å². The zero-order chi connectivity index (χ0) is 14.7. The Morgan fingerprint density at radius 3 is 2.65 bits per heavy atom. The second-order valence-electron chi connectivity index (χ2n) is 5.71. The van der Waals surface area contributed by atoms with Gasteiger partial charge in [0.2, 0.25) is 5.91 Å². The molecule has 2 unspecified atom stereocenters. The number of carbonyl (C=O) groups excluding carboxylic acids is 1. The molecule has 20 heavy (non-hydrogen) atoms. The van der Waals surface area contributed by atoms with Crippen molar-refractivity contribution in [3.63, 3.8) is 0 Å². The smallest absolute Gasteiger partial charge is 0.233 e. The molecule has 4 heteroatoms. The summed E-state index contributed by atoms with van der Waals surface area (Å²) >= 11 is 1.55. The summed E-state index contributed by atoms with van der Waals surface area (Å²) in [5, 5.41) is 0. The van der Waals surface area contributed by atoms with E-state index in [9.17, 15) is 4.79 Å². The molecule has 1 amide bonds. The maximum absolute atomic E-state index is 12.5. The van der Waals surface area contributed by atoms with Gasteiger partial charge in [-0.15, -0.1) is 11.8 Å². The van der Waals surface area contributed by atoms with Crippen molar-refractivity contribution in [3.8, 4) is 0 Å². The Kier molecular flexibility index (Phi) is 4.97. The molecule has 1 saturated heterocycles. The highest BCUT2D eigenvalue weighted by Crippen LogP contribution is 2.29. The number of amides is 1. The molecular weight excluding hydrogens is 268 g/mol. The zero-order valence-corrected chi connectivity index (χ0v) is 13.4. The summed E-state index contributed by atoms with van der Waals surface area (Å²) in [6.45, 7) is 6.30. The molecule has 110 valence electrons. The Balaban J connectivity index is 1.99. The number of hydrogen-bond acceptors (Lipinski definition) is 3. The fourth-order valence-electron chi connectivity index (χ4n) is 2.91. The van der Waals surface area contributed by atoms with E-state index in [2.05, 4.69) is 18.7 Å². The molecule has 0 spiro atoms. The number of aryl methyl sites for hydroxylation is 1. The fraction of sp³-hybridized carbons (Fsp3) is 0.562. The number of hydrogen-bond donors (Lipinski definition) is 1. The number of carbonyl (C=O) groups is 1. The Hall–Kier alpha value is -1.16. The number of rotatable bonds is 3. The lowest BCUT2D eigenvalue weighted by molar-refractivity contribution is -0.134. The van der Waals surface area contributed by atoms with Gasteiger partial charge >= 0.3 is 0 Å². The van der Waals surface area contributed by atoms with Gasteiger partial charge in [-0.05, 0) is 51.7 Å². The lowest BCUT2D eigenvalue weighted by Crippen LogP contribution is -2.48. The third-order valence-corrected chi connectivity index (χ3v) is 5.18. The van der Waals surface area contributed by atoms with Crippen LogP contribution in [0.5, 0.6) is 0 Å². The Morgan fingerprint density at radius 1 is 1.35 bits per heavy atom. The zero-order valence-electron chi connectivity index (χ0n) is 12.6. The van der Waals surface area contributed by atoms with Crippen molar-refractivity contribution in [2.24, 2.45) is 0 Å². The van der Waals surface area contributed by atoms with Crippen LogP contribution in [0.2, 0.25) is 0 Å². The molecule has 2 N–H and O–H groups in total. The van der Waals surface area contributed by atoms with Gasteiger partial charge in [-0.2, -0.15) is 0 Å². The van der Waals surface area contributed by atoms with Gasteiger partial charge in [-0.25, -0.2) is 0 Å². The summed E-state index contributed by atoms with van der Waals surface area (Å²) < 4.78 is 0. The van der Waals surface area contributed by atoms with E-state index in [0.717, 1.165) is 29.0 Å². The third-order valence-electron chi connectivity index (χ3n) is 4.12. The van der Waals surface area contributed by atoms with E-state index in [0.29, 0.717) is 17.8 Å². The van der Waals surface area contributed by atoms with Crippen LogP contribution in [-0.2, 0) is 4.79 Å². The van der Waals surface area contributed by atoms with Crippen molar-refractivity contribution in [1.29, 1.82) is 0 Å². The van der Waals surface area contributed by atoms with Crippen molar-refractivity contribution in [2.45, 2.75) is 57.0 Å². The van der Waals surface area contributed by atoms with Crippen LogP contribution in [0.4, 0.5) is 5.69 Å². The van der Waals surface area contributed by atoms with E-state index in [4.69, 9.17) is 5.73 Å². The molecule has 0 bridgehead atoms. The molecule has 1 aliphatic heterocycles. The molecule has 0 radical (unpaired) electrons. The first-order valence-corrected chi connectivity index (χ1v) is 8.28. The Morgan fingerprint density at radius 2 is 2.00 bits per heavy atom. The van der Waals surface area contributed by atoms with Crippen LogP contribution in [0.15, 0.2) is 23.1 Å². The van der Waals surface area contributed by atoms with Crippen LogP contribution in [0, 0.1) is 6.92 Å². The minimum atomic E-state index is 0.232. The fourth-order valence-corrected chi connectivity index (χ4v) is 3.83. The van der Waals surface area contributed by atoms with E-state index >= 15 is 0 Å². The lowest BCUT2D eigenvalue weighted by atomic mass is 9.98. The highest BCUT2D eigenvalue weighted by molar-refractivity contribution is 8.00. The molecule has 3 nitrogen and oxygen atoms in total. The van der Waals surface area contributed by atoms with E-state index in [1.54, 1.807) is 11.8 Å². The van der Waals surface area contributed by atoms with E-state index < -0.39 is 0 Å². The summed E-state index contributed by atoms with van der Waals surface area (Å²) in [6, 6.07) is 6.70. The monoisotopic (exact) mass is 292 g/mol. The number of nitrogen functional groups attached to an aromatic ring is 1. The molecule has 1 heterocycles. The van der Waals surface area contributed by atoms with Crippen molar-refractivity contribution < 1.29 is 4.79 Å². The van der Waals surface area contributed by atoms with Gasteiger partial charge < -0.3 is 10.6 Å². The molecular formula is C16H24N2OS. The normalized spacial score (nSPS) is 22.9. The van der Waals surface area contributed by atoms with Crippen LogP contribution >= 0.6 is 11.8 Å². The number of thioether (sulfide) groups is 1. The van der Waals surface area contributed by atoms with Gasteiger partial charge in [0.05, 0.1) is 5.75 Å². The van der Waals surface area contributed by atoms with E-state index in [1.165, 1.54) is 6.42 Å². The minimum Gasteiger partial charge on any atom is -0.398 e. The number of para-hydroxylation sites is 1. The van der Waals surface area contributed by atoms with Gasteiger partial charge in [-0.1, -0.05) is 12.1 Å².